The van der Waals surface area contributed by atoms with Gasteiger partial charge in [0.1, 0.15) is 5.75 Å². The zero-order valence-corrected chi connectivity index (χ0v) is 9.77. The van der Waals surface area contributed by atoms with E-state index in [1.165, 1.54) is 0 Å². The summed E-state index contributed by atoms with van der Waals surface area (Å²) in [7, 11) is 0. The van der Waals surface area contributed by atoms with E-state index >= 15 is 0 Å². The first-order valence-corrected chi connectivity index (χ1v) is 5.36. The smallest absolute Gasteiger partial charge is 0.137 e. The highest BCUT2D eigenvalue weighted by Gasteiger charge is 2.01. The van der Waals surface area contributed by atoms with E-state index in [-0.39, 0.29) is 0 Å². The van der Waals surface area contributed by atoms with E-state index < -0.39 is 0 Å². The number of hydrogen-bond acceptors (Lipinski definition) is 1. The van der Waals surface area contributed by atoms with Crippen molar-refractivity contribution in [2.75, 3.05) is 6.61 Å². The van der Waals surface area contributed by atoms with Crippen LogP contribution in [0.15, 0.2) is 18.2 Å². The Kier molecular flexibility index (Phi) is 4.27. The fraction of sp³-hybridized carbons (Fsp3) is 0.500. The highest BCUT2D eigenvalue weighted by molar-refractivity contribution is 6.32. The van der Waals surface area contributed by atoms with Crippen molar-refractivity contribution in [2.45, 2.75) is 27.2 Å². The molecule has 14 heavy (non-hydrogen) atoms. The minimum absolute atomic E-state index is 0.666. The van der Waals surface area contributed by atoms with Crippen LogP contribution in [-0.2, 0) is 0 Å². The molecule has 0 aliphatic heterocycles. The Bertz CT molecular complexity index is 294. The summed E-state index contributed by atoms with van der Waals surface area (Å²) in [4.78, 5) is 0. The third-order valence-corrected chi connectivity index (χ3v) is 2.34. The van der Waals surface area contributed by atoms with Crippen LogP contribution in [-0.4, -0.2) is 6.61 Å². The van der Waals surface area contributed by atoms with Gasteiger partial charge in [0, 0.05) is 0 Å². The van der Waals surface area contributed by atoms with Gasteiger partial charge in [-0.15, -0.1) is 0 Å². The van der Waals surface area contributed by atoms with Gasteiger partial charge >= 0.3 is 0 Å². The fourth-order valence-electron chi connectivity index (χ4n) is 1.13. The predicted molar refractivity (Wildman–Crippen MR) is 61.1 cm³/mol. The van der Waals surface area contributed by atoms with Crippen molar-refractivity contribution in [2.24, 2.45) is 5.92 Å². The standard InChI is InChI=1S/C12H17ClO/c1-9(2)6-7-14-12-5-4-10(3)8-11(12)13/h4-5,8-9H,6-7H2,1-3H3. The minimum atomic E-state index is 0.666. The number of rotatable bonds is 4. The topological polar surface area (TPSA) is 9.23 Å². The summed E-state index contributed by atoms with van der Waals surface area (Å²) >= 11 is 6.02. The predicted octanol–water partition coefficient (Wildman–Crippen LogP) is 4.07. The number of aryl methyl sites for hydroxylation is 1. The molecule has 0 aliphatic rings. The van der Waals surface area contributed by atoms with E-state index in [1.807, 2.05) is 25.1 Å². The zero-order chi connectivity index (χ0) is 10.6. The maximum Gasteiger partial charge on any atom is 0.137 e. The first kappa shape index (κ1) is 11.4. The van der Waals surface area contributed by atoms with Gasteiger partial charge in [0.15, 0.2) is 0 Å². The summed E-state index contributed by atoms with van der Waals surface area (Å²) in [6.07, 6.45) is 1.06. The molecular weight excluding hydrogens is 196 g/mol. The van der Waals surface area contributed by atoms with Crippen LogP contribution in [0.25, 0.3) is 0 Å². The zero-order valence-electron chi connectivity index (χ0n) is 9.01. The molecular formula is C12H17ClO. The van der Waals surface area contributed by atoms with Gasteiger partial charge in [-0.3, -0.25) is 0 Å². The summed E-state index contributed by atoms with van der Waals surface area (Å²) in [6, 6.07) is 5.86. The molecule has 0 saturated carbocycles. The molecule has 1 aromatic carbocycles. The third kappa shape index (κ3) is 3.59. The van der Waals surface area contributed by atoms with Crippen LogP contribution in [0.5, 0.6) is 5.75 Å². The number of hydrogen-bond donors (Lipinski definition) is 0. The minimum Gasteiger partial charge on any atom is -0.492 e. The van der Waals surface area contributed by atoms with E-state index in [0.717, 1.165) is 24.3 Å². The quantitative estimate of drug-likeness (QED) is 0.731. The summed E-state index contributed by atoms with van der Waals surface area (Å²) in [5.41, 5.74) is 1.16. The Balaban J connectivity index is 2.51. The molecule has 2 heteroatoms. The van der Waals surface area contributed by atoms with Crippen molar-refractivity contribution >= 4 is 11.6 Å². The van der Waals surface area contributed by atoms with E-state index in [4.69, 9.17) is 16.3 Å². The van der Waals surface area contributed by atoms with Crippen molar-refractivity contribution in [3.63, 3.8) is 0 Å². The van der Waals surface area contributed by atoms with E-state index in [1.54, 1.807) is 0 Å². The van der Waals surface area contributed by atoms with Gasteiger partial charge in [-0.2, -0.15) is 0 Å². The molecule has 0 unspecified atom stereocenters. The van der Waals surface area contributed by atoms with Crippen molar-refractivity contribution in [1.29, 1.82) is 0 Å². The SMILES string of the molecule is Cc1ccc(OCCC(C)C)c(Cl)c1. The van der Waals surface area contributed by atoms with Crippen LogP contribution in [0.1, 0.15) is 25.8 Å². The van der Waals surface area contributed by atoms with Crippen LogP contribution in [0.4, 0.5) is 0 Å². The molecule has 0 spiro atoms. The second-order valence-corrected chi connectivity index (χ2v) is 4.37. The second kappa shape index (κ2) is 5.26. The second-order valence-electron chi connectivity index (χ2n) is 3.96. The average molecular weight is 213 g/mol. The van der Waals surface area contributed by atoms with Gasteiger partial charge in [0.25, 0.3) is 0 Å². The van der Waals surface area contributed by atoms with Crippen molar-refractivity contribution in [3.05, 3.63) is 28.8 Å². The van der Waals surface area contributed by atoms with Crippen LogP contribution in [0, 0.1) is 12.8 Å². The molecule has 0 N–H and O–H groups in total. The largest absolute Gasteiger partial charge is 0.492 e. The Hall–Kier alpha value is -0.690. The summed E-state index contributed by atoms with van der Waals surface area (Å²) < 4.78 is 5.57. The van der Waals surface area contributed by atoms with Crippen LogP contribution in [0.2, 0.25) is 5.02 Å². The normalized spacial score (nSPS) is 10.6. The molecule has 0 aliphatic carbocycles. The molecule has 1 aromatic rings. The van der Waals surface area contributed by atoms with Gasteiger partial charge in [-0.05, 0) is 37.0 Å². The monoisotopic (exact) mass is 212 g/mol. The fourth-order valence-corrected chi connectivity index (χ4v) is 1.42. The molecule has 1 rings (SSSR count). The molecule has 0 bridgehead atoms. The maximum atomic E-state index is 6.02. The van der Waals surface area contributed by atoms with Crippen LogP contribution >= 0.6 is 11.6 Å². The Morgan fingerprint density at radius 1 is 1.36 bits per heavy atom. The van der Waals surface area contributed by atoms with Gasteiger partial charge in [-0.25, -0.2) is 0 Å². The highest BCUT2D eigenvalue weighted by Crippen LogP contribution is 2.25. The maximum absolute atomic E-state index is 6.02. The average Bonchev–Trinajstić information content (AvgIpc) is 2.08. The lowest BCUT2D eigenvalue weighted by Gasteiger charge is -2.09. The molecule has 0 radical (unpaired) electrons. The molecule has 0 amide bonds. The number of halogens is 1. The Morgan fingerprint density at radius 2 is 2.07 bits per heavy atom. The molecule has 0 aromatic heterocycles. The van der Waals surface area contributed by atoms with Gasteiger partial charge in [0.2, 0.25) is 0 Å². The summed E-state index contributed by atoms with van der Waals surface area (Å²) in [5, 5.41) is 0.703. The van der Waals surface area contributed by atoms with Crippen molar-refractivity contribution < 1.29 is 4.74 Å². The molecule has 78 valence electrons. The van der Waals surface area contributed by atoms with Crippen LogP contribution in [0.3, 0.4) is 0 Å². The van der Waals surface area contributed by atoms with Gasteiger partial charge in [0.05, 0.1) is 11.6 Å². The third-order valence-electron chi connectivity index (χ3n) is 2.04. The number of ether oxygens (including phenoxy) is 1. The number of benzene rings is 1. The van der Waals surface area contributed by atoms with Crippen molar-refractivity contribution in [1.82, 2.24) is 0 Å². The first-order chi connectivity index (χ1) is 6.59. The Morgan fingerprint density at radius 3 is 2.64 bits per heavy atom. The molecule has 0 saturated heterocycles. The lowest BCUT2D eigenvalue weighted by molar-refractivity contribution is 0.289. The molecule has 0 fully saturated rings. The van der Waals surface area contributed by atoms with E-state index in [2.05, 4.69) is 13.8 Å². The Labute approximate surface area is 91.0 Å². The van der Waals surface area contributed by atoms with Crippen molar-refractivity contribution in [3.8, 4) is 5.75 Å². The van der Waals surface area contributed by atoms with Crippen LogP contribution < -0.4 is 4.74 Å². The van der Waals surface area contributed by atoms with Gasteiger partial charge < -0.3 is 4.74 Å². The molecule has 0 heterocycles. The summed E-state index contributed by atoms with van der Waals surface area (Å²) in [5.74, 6) is 1.46. The molecule has 0 atom stereocenters. The first-order valence-electron chi connectivity index (χ1n) is 4.98. The van der Waals surface area contributed by atoms with Gasteiger partial charge in [-0.1, -0.05) is 31.5 Å². The van der Waals surface area contributed by atoms with E-state index in [0.29, 0.717) is 10.9 Å². The highest BCUT2D eigenvalue weighted by atomic mass is 35.5. The summed E-state index contributed by atoms with van der Waals surface area (Å²) in [6.45, 7) is 7.12. The molecule has 1 nitrogen and oxygen atoms in total. The lowest BCUT2D eigenvalue weighted by Crippen LogP contribution is -2.01. The lowest BCUT2D eigenvalue weighted by atomic mass is 10.1. The van der Waals surface area contributed by atoms with E-state index in [9.17, 15) is 0 Å².